The number of amides is 1. The lowest BCUT2D eigenvalue weighted by Crippen LogP contribution is -2.49. The second-order valence-corrected chi connectivity index (χ2v) is 10.6. The van der Waals surface area contributed by atoms with Gasteiger partial charge in [0, 0.05) is 62.4 Å². The Bertz CT molecular complexity index is 1590. The molecule has 2 fully saturated rings. The number of carbonyl (C=O) groups is 1. The molecule has 11 heteroatoms. The first-order valence-corrected chi connectivity index (χ1v) is 14.3. The Balaban J connectivity index is 1.26. The van der Waals surface area contributed by atoms with E-state index in [-0.39, 0.29) is 5.91 Å². The molecule has 1 amide bonds. The third-order valence-corrected chi connectivity index (χ3v) is 8.10. The van der Waals surface area contributed by atoms with Crippen LogP contribution in [0.3, 0.4) is 0 Å². The van der Waals surface area contributed by atoms with Gasteiger partial charge in [0.25, 0.3) is 0 Å². The molecule has 0 spiro atoms. The van der Waals surface area contributed by atoms with Crippen LogP contribution in [0.25, 0.3) is 22.2 Å². The fourth-order valence-corrected chi connectivity index (χ4v) is 5.82. The van der Waals surface area contributed by atoms with Gasteiger partial charge in [-0.2, -0.15) is 5.10 Å². The largest absolute Gasteiger partial charge is 0.494 e. The quantitative estimate of drug-likeness (QED) is 0.302. The first kappa shape index (κ1) is 27.7. The van der Waals surface area contributed by atoms with Gasteiger partial charge in [0.05, 0.1) is 54.8 Å². The molecule has 0 unspecified atom stereocenters. The van der Waals surface area contributed by atoms with Gasteiger partial charge < -0.3 is 25.0 Å². The molecule has 218 valence electrons. The number of nitrogens with zero attached hydrogens (tertiary/aromatic N) is 6. The van der Waals surface area contributed by atoms with Gasteiger partial charge in [-0.1, -0.05) is 18.7 Å². The average Bonchev–Trinajstić information content (AvgIpc) is 3.41. The molecule has 2 aromatic heterocycles. The third-order valence-electron chi connectivity index (χ3n) is 8.10. The highest BCUT2D eigenvalue weighted by atomic mass is 16.5. The fourth-order valence-electron chi connectivity index (χ4n) is 5.82. The topological polar surface area (TPSA) is 110 Å². The Morgan fingerprint density at radius 1 is 1.07 bits per heavy atom. The van der Waals surface area contributed by atoms with Crippen LogP contribution in [-0.4, -0.2) is 83.1 Å². The van der Waals surface area contributed by atoms with E-state index in [2.05, 4.69) is 48.1 Å². The third kappa shape index (κ3) is 5.79. The van der Waals surface area contributed by atoms with Gasteiger partial charge >= 0.3 is 0 Å². The minimum atomic E-state index is -0.273. The number of benzene rings is 2. The molecule has 0 bridgehead atoms. The van der Waals surface area contributed by atoms with Crippen LogP contribution in [0.2, 0.25) is 0 Å². The fraction of sp³-hybridized carbons (Fsp3) is 0.355. The van der Waals surface area contributed by atoms with Crippen molar-refractivity contribution in [3.05, 3.63) is 61.6 Å². The Kier molecular flexibility index (Phi) is 8.02. The predicted molar refractivity (Wildman–Crippen MR) is 164 cm³/mol. The minimum absolute atomic E-state index is 0.273. The van der Waals surface area contributed by atoms with E-state index in [1.54, 1.807) is 7.11 Å². The molecule has 0 saturated carbocycles. The normalized spacial score (nSPS) is 16.4. The number of hydrogen-bond acceptors (Lipinski definition) is 9. The van der Waals surface area contributed by atoms with Gasteiger partial charge in [-0.05, 0) is 31.1 Å². The number of piperidine rings is 1. The lowest BCUT2D eigenvalue weighted by Gasteiger charge is -2.41. The summed E-state index contributed by atoms with van der Waals surface area (Å²) in [6.07, 6.45) is 6.75. The molecule has 2 aliphatic rings. The van der Waals surface area contributed by atoms with Crippen molar-refractivity contribution in [2.24, 2.45) is 7.05 Å². The maximum Gasteiger partial charge on any atom is 0.247 e. The lowest BCUT2D eigenvalue weighted by molar-refractivity contribution is -0.111. The highest BCUT2D eigenvalue weighted by Crippen LogP contribution is 2.40. The van der Waals surface area contributed by atoms with Gasteiger partial charge in [-0.25, -0.2) is 9.97 Å². The molecule has 6 rings (SSSR count). The summed E-state index contributed by atoms with van der Waals surface area (Å²) in [5.74, 6) is 0.974. The number of nitrogens with one attached hydrogen (secondary N) is 2. The van der Waals surface area contributed by atoms with Crippen LogP contribution < -0.4 is 20.3 Å². The molecule has 2 aromatic carbocycles. The van der Waals surface area contributed by atoms with E-state index in [4.69, 9.17) is 9.47 Å². The first-order chi connectivity index (χ1) is 20.5. The van der Waals surface area contributed by atoms with E-state index < -0.39 is 0 Å². The van der Waals surface area contributed by atoms with Crippen molar-refractivity contribution in [1.82, 2.24) is 24.6 Å². The number of carbonyl (C=O) groups excluding carboxylic acids is 1. The van der Waals surface area contributed by atoms with Gasteiger partial charge in [-0.15, -0.1) is 0 Å². The van der Waals surface area contributed by atoms with Crippen LogP contribution in [0.1, 0.15) is 12.8 Å². The second kappa shape index (κ2) is 12.2. The van der Waals surface area contributed by atoms with E-state index in [0.717, 1.165) is 80.1 Å². The summed E-state index contributed by atoms with van der Waals surface area (Å²) in [7, 11) is 3.57. The standard InChI is InChI=1S/C31H36N8O3/c1-4-31(40)36-25-16-26(29(41-3)18-28(25)39-9-7-23(8-10-39)38-11-13-42-14-12-38)35-30-17-24(32-20-33-30)21-5-6-22-19-34-37(2)27(22)15-21/h4-6,15-20,23H,1,7-14H2,2-3H3,(H,36,40)(H,32,33,35). The van der Waals surface area contributed by atoms with Crippen molar-refractivity contribution >= 4 is 39.7 Å². The van der Waals surface area contributed by atoms with Crippen molar-refractivity contribution in [2.75, 3.05) is 62.0 Å². The van der Waals surface area contributed by atoms with Crippen LogP contribution in [0.15, 0.2) is 61.6 Å². The molecular formula is C31H36N8O3. The Hall–Kier alpha value is -4.48. The maximum absolute atomic E-state index is 12.5. The smallest absolute Gasteiger partial charge is 0.247 e. The second-order valence-electron chi connectivity index (χ2n) is 10.6. The molecule has 11 nitrogen and oxygen atoms in total. The molecule has 4 heterocycles. The molecule has 0 radical (unpaired) electrons. The monoisotopic (exact) mass is 568 g/mol. The maximum atomic E-state index is 12.5. The van der Waals surface area contributed by atoms with Gasteiger partial charge in [-0.3, -0.25) is 14.4 Å². The summed E-state index contributed by atoms with van der Waals surface area (Å²) in [5, 5.41) is 11.8. The van der Waals surface area contributed by atoms with Gasteiger partial charge in [0.15, 0.2) is 0 Å². The summed E-state index contributed by atoms with van der Waals surface area (Å²) >= 11 is 0. The number of rotatable bonds is 8. The van der Waals surface area contributed by atoms with Crippen molar-refractivity contribution in [3.63, 3.8) is 0 Å². The van der Waals surface area contributed by atoms with Crippen LogP contribution in [-0.2, 0) is 16.6 Å². The number of morpholine rings is 1. The predicted octanol–water partition coefficient (Wildman–Crippen LogP) is 4.21. The summed E-state index contributed by atoms with van der Waals surface area (Å²) in [6.45, 7) is 8.98. The molecule has 2 N–H and O–H groups in total. The zero-order chi connectivity index (χ0) is 29.1. The zero-order valence-corrected chi connectivity index (χ0v) is 24.0. The van der Waals surface area contributed by atoms with Crippen LogP contribution in [0.5, 0.6) is 5.75 Å². The Labute approximate surface area is 245 Å². The summed E-state index contributed by atoms with van der Waals surface area (Å²) in [4.78, 5) is 26.3. The van der Waals surface area contributed by atoms with Crippen molar-refractivity contribution in [1.29, 1.82) is 0 Å². The molecule has 42 heavy (non-hydrogen) atoms. The van der Waals surface area contributed by atoms with Crippen LogP contribution >= 0.6 is 0 Å². The summed E-state index contributed by atoms with van der Waals surface area (Å²) in [6, 6.07) is 12.4. The van der Waals surface area contributed by atoms with E-state index in [9.17, 15) is 4.79 Å². The zero-order valence-electron chi connectivity index (χ0n) is 24.0. The number of aromatic nitrogens is 4. The molecule has 0 atom stereocenters. The highest BCUT2D eigenvalue weighted by Gasteiger charge is 2.28. The number of methoxy groups -OCH3 is 1. The van der Waals surface area contributed by atoms with E-state index in [1.807, 2.05) is 48.3 Å². The molecular weight excluding hydrogens is 532 g/mol. The van der Waals surface area contributed by atoms with E-state index in [0.29, 0.717) is 29.0 Å². The van der Waals surface area contributed by atoms with Gasteiger partial charge in [0.1, 0.15) is 17.9 Å². The number of anilines is 4. The van der Waals surface area contributed by atoms with E-state index in [1.165, 1.54) is 12.4 Å². The number of aryl methyl sites for hydroxylation is 1. The number of hydrogen-bond donors (Lipinski definition) is 2. The van der Waals surface area contributed by atoms with Crippen LogP contribution in [0, 0.1) is 0 Å². The Morgan fingerprint density at radius 3 is 2.64 bits per heavy atom. The molecule has 0 aliphatic carbocycles. The number of fused-ring (bicyclic) bond motifs is 1. The van der Waals surface area contributed by atoms with Crippen LogP contribution in [0.4, 0.5) is 22.9 Å². The first-order valence-electron chi connectivity index (χ1n) is 14.3. The molecule has 2 saturated heterocycles. The van der Waals surface area contributed by atoms with Gasteiger partial charge in [0.2, 0.25) is 5.91 Å². The lowest BCUT2D eigenvalue weighted by atomic mass is 10.0. The van der Waals surface area contributed by atoms with Crippen molar-refractivity contribution in [3.8, 4) is 17.0 Å². The Morgan fingerprint density at radius 2 is 1.88 bits per heavy atom. The SMILES string of the molecule is C=CC(=O)Nc1cc(Nc2cc(-c3ccc4cnn(C)c4c3)ncn2)c(OC)cc1N1CCC(N2CCOCC2)CC1. The minimum Gasteiger partial charge on any atom is -0.494 e. The van der Waals surface area contributed by atoms with E-state index >= 15 is 0 Å². The summed E-state index contributed by atoms with van der Waals surface area (Å²) in [5.41, 5.74) is 5.03. The molecule has 4 aromatic rings. The van der Waals surface area contributed by atoms with Crippen molar-refractivity contribution < 1.29 is 14.3 Å². The number of ether oxygens (including phenoxy) is 2. The highest BCUT2D eigenvalue weighted by molar-refractivity contribution is 6.02. The summed E-state index contributed by atoms with van der Waals surface area (Å²) < 4.78 is 13.2. The van der Waals surface area contributed by atoms with Crippen molar-refractivity contribution in [2.45, 2.75) is 18.9 Å². The molecule has 2 aliphatic heterocycles. The average molecular weight is 569 g/mol.